The van der Waals surface area contributed by atoms with Crippen molar-refractivity contribution in [3.05, 3.63) is 76.0 Å². The summed E-state index contributed by atoms with van der Waals surface area (Å²) in [6.07, 6.45) is 5.01. The third-order valence-corrected chi connectivity index (χ3v) is 5.36. The maximum atomic E-state index is 9.67. The molecule has 8 heteroatoms. The van der Waals surface area contributed by atoms with Crippen LogP contribution in [0, 0.1) is 0 Å². The van der Waals surface area contributed by atoms with E-state index in [1.165, 1.54) is 23.5 Å². The second-order valence-electron chi connectivity index (χ2n) is 5.51. The molecule has 0 unspecified atom stereocenters. The van der Waals surface area contributed by atoms with Gasteiger partial charge in [0.25, 0.3) is 0 Å². The van der Waals surface area contributed by atoms with Crippen molar-refractivity contribution < 1.29 is 10.2 Å². The molecule has 3 aromatic heterocycles. The fourth-order valence-electron chi connectivity index (χ4n) is 2.36. The monoisotopic (exact) mass is 394 g/mol. The van der Waals surface area contributed by atoms with Gasteiger partial charge in [0.1, 0.15) is 0 Å². The average molecular weight is 394 g/mol. The van der Waals surface area contributed by atoms with E-state index in [2.05, 4.69) is 15.1 Å². The van der Waals surface area contributed by atoms with Gasteiger partial charge < -0.3 is 10.2 Å². The van der Waals surface area contributed by atoms with Crippen LogP contribution >= 0.6 is 22.7 Å². The normalized spacial score (nSPS) is 12.1. The number of nitrogens with zero attached hydrogens (tertiary/aromatic N) is 4. The Morgan fingerprint density at radius 3 is 2.70 bits per heavy atom. The van der Waals surface area contributed by atoms with Gasteiger partial charge in [0.05, 0.1) is 28.7 Å². The Morgan fingerprint density at radius 1 is 1.04 bits per heavy atom. The number of pyridine rings is 1. The molecule has 1 aromatic carbocycles. The number of benzene rings is 1. The van der Waals surface area contributed by atoms with E-state index >= 15 is 0 Å². The maximum absolute atomic E-state index is 9.67. The maximum Gasteiger partial charge on any atom is 0.211 e. The Bertz CT molecular complexity index is 1150. The number of hydrogen-bond donors (Lipinski definition) is 2. The third-order valence-electron chi connectivity index (χ3n) is 3.65. The fraction of sp³-hybridized carbons (Fsp3) is 0. The smallest absolute Gasteiger partial charge is 0.211 e. The van der Waals surface area contributed by atoms with Gasteiger partial charge in [-0.3, -0.25) is 4.98 Å². The van der Waals surface area contributed by atoms with Gasteiger partial charge in [-0.1, -0.05) is 6.07 Å². The minimum Gasteiger partial charge on any atom is -0.504 e. The van der Waals surface area contributed by atoms with E-state index in [9.17, 15) is 10.2 Å². The van der Waals surface area contributed by atoms with Crippen LogP contribution in [-0.2, 0) is 0 Å². The first kappa shape index (κ1) is 17.2. The lowest BCUT2D eigenvalue weighted by Crippen LogP contribution is -2.11. The first-order valence-corrected chi connectivity index (χ1v) is 9.72. The van der Waals surface area contributed by atoms with Crippen LogP contribution < -0.4 is 4.80 Å². The van der Waals surface area contributed by atoms with Crippen LogP contribution in [0.5, 0.6) is 11.5 Å². The second kappa shape index (κ2) is 7.56. The molecule has 6 nitrogen and oxygen atoms in total. The summed E-state index contributed by atoms with van der Waals surface area (Å²) >= 11 is 3.10. The van der Waals surface area contributed by atoms with E-state index in [0.717, 1.165) is 16.3 Å². The van der Waals surface area contributed by atoms with E-state index in [4.69, 9.17) is 0 Å². The number of thiophene rings is 1. The summed E-state index contributed by atoms with van der Waals surface area (Å²) in [5.74, 6) is -0.352. The highest BCUT2D eigenvalue weighted by Crippen LogP contribution is 2.26. The van der Waals surface area contributed by atoms with E-state index in [1.807, 2.05) is 35.0 Å². The largest absolute Gasteiger partial charge is 0.504 e. The number of thiazole rings is 1. The van der Waals surface area contributed by atoms with Crippen molar-refractivity contribution in [3.63, 3.8) is 0 Å². The van der Waals surface area contributed by atoms with Crippen LogP contribution in [-0.4, -0.2) is 26.1 Å². The highest BCUT2D eigenvalue weighted by atomic mass is 32.1. The Hall–Kier alpha value is -3.23. The number of aromatic hydroxyl groups is 2. The topological polar surface area (TPSA) is 83.0 Å². The molecule has 0 fully saturated rings. The van der Waals surface area contributed by atoms with Gasteiger partial charge in [-0.2, -0.15) is 5.10 Å². The van der Waals surface area contributed by atoms with Crippen LogP contribution in [0.1, 0.15) is 5.56 Å². The van der Waals surface area contributed by atoms with Crippen LogP contribution in [0.4, 0.5) is 5.69 Å². The molecule has 0 aliphatic rings. The van der Waals surface area contributed by atoms with Crippen molar-refractivity contribution in [3.8, 4) is 22.1 Å². The minimum atomic E-state index is -0.187. The zero-order valence-electron chi connectivity index (χ0n) is 13.9. The van der Waals surface area contributed by atoms with E-state index in [-0.39, 0.29) is 11.5 Å². The minimum absolute atomic E-state index is 0.165. The summed E-state index contributed by atoms with van der Waals surface area (Å²) in [6, 6.07) is 12.3. The van der Waals surface area contributed by atoms with Crippen molar-refractivity contribution in [1.82, 2.24) is 9.66 Å². The molecule has 0 amide bonds. The van der Waals surface area contributed by atoms with Crippen molar-refractivity contribution >= 4 is 34.6 Å². The number of aromatic nitrogens is 2. The zero-order valence-corrected chi connectivity index (χ0v) is 15.6. The Morgan fingerprint density at radius 2 is 1.96 bits per heavy atom. The molecule has 0 radical (unpaired) electrons. The highest BCUT2D eigenvalue weighted by molar-refractivity contribution is 7.14. The lowest BCUT2D eigenvalue weighted by atomic mass is 10.2. The molecule has 0 bridgehead atoms. The SMILES string of the molecule is Oc1ccc(C=Nn2c(-c3cccs3)csc2=Nc2cccnc2)cc1O. The Balaban J connectivity index is 1.81. The fourth-order valence-corrected chi connectivity index (χ4v) is 4.01. The molecular weight excluding hydrogens is 380 g/mol. The molecule has 134 valence electrons. The number of phenols is 2. The quantitative estimate of drug-likeness (QED) is 0.402. The van der Waals surface area contributed by atoms with Crippen molar-refractivity contribution in [1.29, 1.82) is 0 Å². The van der Waals surface area contributed by atoms with Gasteiger partial charge in [-0.15, -0.1) is 22.7 Å². The molecule has 4 aromatic rings. The van der Waals surface area contributed by atoms with Gasteiger partial charge in [0, 0.05) is 11.6 Å². The number of phenolic OH excluding ortho intramolecular Hbond substituents is 2. The highest BCUT2D eigenvalue weighted by Gasteiger charge is 2.08. The molecule has 0 aliphatic heterocycles. The molecule has 27 heavy (non-hydrogen) atoms. The summed E-state index contributed by atoms with van der Waals surface area (Å²) < 4.78 is 1.76. The van der Waals surface area contributed by atoms with Crippen molar-refractivity contribution in [2.45, 2.75) is 0 Å². The summed E-state index contributed by atoms with van der Waals surface area (Å²) in [7, 11) is 0. The van der Waals surface area contributed by atoms with Crippen LogP contribution in [0.2, 0.25) is 0 Å². The predicted molar refractivity (Wildman–Crippen MR) is 108 cm³/mol. The zero-order chi connectivity index (χ0) is 18.6. The molecule has 0 atom stereocenters. The van der Waals surface area contributed by atoms with Crippen LogP contribution in [0.3, 0.4) is 0 Å². The van der Waals surface area contributed by atoms with Gasteiger partial charge in [-0.25, -0.2) is 9.67 Å². The van der Waals surface area contributed by atoms with Gasteiger partial charge >= 0.3 is 0 Å². The summed E-state index contributed by atoms with van der Waals surface area (Å²) in [4.78, 5) is 10.5. The van der Waals surface area contributed by atoms with Gasteiger partial charge in [0.15, 0.2) is 11.5 Å². The number of rotatable bonds is 4. The summed E-state index contributed by atoms with van der Waals surface area (Å²) in [5.41, 5.74) is 2.33. The average Bonchev–Trinajstić information content (AvgIpc) is 3.33. The van der Waals surface area contributed by atoms with Crippen LogP contribution in [0.25, 0.3) is 10.6 Å². The van der Waals surface area contributed by atoms with E-state index in [1.54, 1.807) is 40.7 Å². The Kier molecular flexibility index (Phi) is 4.82. The van der Waals surface area contributed by atoms with Crippen LogP contribution in [0.15, 0.2) is 75.7 Å². The molecule has 4 rings (SSSR count). The molecular formula is C19H14N4O2S2. The molecule has 0 saturated heterocycles. The lowest BCUT2D eigenvalue weighted by Gasteiger charge is -2.02. The van der Waals surface area contributed by atoms with E-state index in [0.29, 0.717) is 10.4 Å². The Labute approximate surface area is 162 Å². The molecule has 2 N–H and O–H groups in total. The number of hydrogen-bond acceptors (Lipinski definition) is 7. The van der Waals surface area contributed by atoms with Gasteiger partial charge in [0.2, 0.25) is 4.80 Å². The van der Waals surface area contributed by atoms with Gasteiger partial charge in [-0.05, 0) is 47.3 Å². The molecule has 0 spiro atoms. The summed E-state index contributed by atoms with van der Waals surface area (Å²) in [6.45, 7) is 0. The summed E-state index contributed by atoms with van der Waals surface area (Å²) in [5, 5.41) is 27.7. The van der Waals surface area contributed by atoms with Crippen molar-refractivity contribution in [2.24, 2.45) is 10.1 Å². The predicted octanol–water partition coefficient (Wildman–Crippen LogP) is 4.20. The standard InChI is InChI=1S/C19H14N4O2S2/c24-16-6-5-13(9-17(16)25)10-21-23-15(18-4-2-8-26-18)12-27-19(23)22-14-3-1-7-20-11-14/h1-12,24-25H. The first-order chi connectivity index (χ1) is 13.2. The first-order valence-electron chi connectivity index (χ1n) is 7.96. The van der Waals surface area contributed by atoms with E-state index < -0.39 is 0 Å². The second-order valence-corrected chi connectivity index (χ2v) is 7.29. The molecule has 0 aliphatic carbocycles. The van der Waals surface area contributed by atoms with Crippen molar-refractivity contribution in [2.75, 3.05) is 0 Å². The molecule has 0 saturated carbocycles. The third kappa shape index (κ3) is 3.81. The lowest BCUT2D eigenvalue weighted by molar-refractivity contribution is 0.403. The molecule has 3 heterocycles.